The molecule has 12 nitrogen and oxygen atoms in total. The van der Waals surface area contributed by atoms with Gasteiger partial charge in [-0.2, -0.15) is 0 Å². The number of methoxy groups -OCH3 is 2. The number of anilines is 3. The standard InChI is InChI=1S/C29H33FN8O4/c1-17-12-18(13-31-24(17)28(40)42-4)34-29-33-15-21(30)25(36-29)20-14-32-26-19(20)6-5-7-22(26)35-27(39)23(16-41-3)38-10-8-37(2)9-11-38/h5-7,12-15,23,32H,8-11,16H2,1-4H3,(H,35,39)(H,33,34,36)/t23-/m1/s1. The van der Waals surface area contributed by atoms with Crippen molar-refractivity contribution in [2.45, 2.75) is 13.0 Å². The van der Waals surface area contributed by atoms with Gasteiger partial charge in [-0.05, 0) is 31.7 Å². The number of nitrogens with zero attached hydrogens (tertiary/aromatic N) is 5. The molecule has 0 aliphatic carbocycles. The highest BCUT2D eigenvalue weighted by Gasteiger charge is 2.29. The predicted octanol–water partition coefficient (Wildman–Crippen LogP) is 3.20. The van der Waals surface area contributed by atoms with E-state index in [0.29, 0.717) is 33.4 Å². The number of para-hydroxylation sites is 1. The Morgan fingerprint density at radius 3 is 2.64 bits per heavy atom. The number of esters is 1. The number of rotatable bonds is 9. The normalized spacial score (nSPS) is 15.0. The Morgan fingerprint density at radius 1 is 1.14 bits per heavy atom. The van der Waals surface area contributed by atoms with Crippen molar-refractivity contribution in [1.29, 1.82) is 0 Å². The second-order valence-electron chi connectivity index (χ2n) is 10.1. The Balaban J connectivity index is 1.39. The van der Waals surface area contributed by atoms with Crippen molar-refractivity contribution in [2.75, 3.05) is 64.7 Å². The van der Waals surface area contributed by atoms with Gasteiger partial charge in [-0.3, -0.25) is 9.69 Å². The molecule has 3 N–H and O–H groups in total. The maximum absolute atomic E-state index is 15.1. The van der Waals surface area contributed by atoms with Crippen LogP contribution in [0.15, 0.2) is 42.9 Å². The molecule has 4 heterocycles. The lowest BCUT2D eigenvalue weighted by Gasteiger charge is -2.36. The van der Waals surface area contributed by atoms with E-state index in [-0.39, 0.29) is 29.9 Å². The number of pyridine rings is 1. The minimum atomic E-state index is -0.610. The summed E-state index contributed by atoms with van der Waals surface area (Å²) in [6.07, 6.45) is 4.19. The first kappa shape index (κ1) is 29.0. The van der Waals surface area contributed by atoms with Crippen LogP contribution in [0.3, 0.4) is 0 Å². The highest BCUT2D eigenvalue weighted by atomic mass is 19.1. The number of nitrogens with one attached hydrogen (secondary N) is 3. The predicted molar refractivity (Wildman–Crippen MR) is 156 cm³/mol. The Labute approximate surface area is 242 Å². The lowest BCUT2D eigenvalue weighted by atomic mass is 10.1. The van der Waals surface area contributed by atoms with Crippen LogP contribution >= 0.6 is 0 Å². The Bertz CT molecular complexity index is 1600. The Morgan fingerprint density at radius 2 is 1.93 bits per heavy atom. The molecule has 42 heavy (non-hydrogen) atoms. The minimum absolute atomic E-state index is 0.0767. The molecule has 5 rings (SSSR count). The molecule has 1 aliphatic heterocycles. The van der Waals surface area contributed by atoms with Gasteiger partial charge in [0, 0.05) is 50.4 Å². The molecule has 1 atom stereocenters. The van der Waals surface area contributed by atoms with Crippen molar-refractivity contribution >= 4 is 40.1 Å². The third-order valence-electron chi connectivity index (χ3n) is 7.29. The van der Waals surface area contributed by atoms with Gasteiger partial charge in [0.2, 0.25) is 11.9 Å². The Hall–Kier alpha value is -4.46. The number of aryl methyl sites for hydroxylation is 1. The van der Waals surface area contributed by atoms with Gasteiger partial charge in [0.25, 0.3) is 0 Å². The number of piperazine rings is 1. The average molecular weight is 577 g/mol. The monoisotopic (exact) mass is 576 g/mol. The van der Waals surface area contributed by atoms with Crippen LogP contribution in [-0.4, -0.2) is 102 Å². The molecule has 1 aromatic carbocycles. The van der Waals surface area contributed by atoms with Gasteiger partial charge in [0.05, 0.1) is 43.0 Å². The first-order chi connectivity index (χ1) is 20.3. The second-order valence-corrected chi connectivity index (χ2v) is 10.1. The number of amides is 1. The van der Waals surface area contributed by atoms with Crippen LogP contribution in [-0.2, 0) is 14.3 Å². The maximum atomic E-state index is 15.1. The third kappa shape index (κ3) is 6.08. The van der Waals surface area contributed by atoms with E-state index in [1.54, 1.807) is 38.4 Å². The zero-order valence-corrected chi connectivity index (χ0v) is 23.9. The largest absolute Gasteiger partial charge is 0.464 e. The molecule has 4 aromatic rings. The summed E-state index contributed by atoms with van der Waals surface area (Å²) in [5, 5.41) is 6.73. The molecular formula is C29H33FN8O4. The van der Waals surface area contributed by atoms with Gasteiger partial charge < -0.3 is 30.0 Å². The molecular weight excluding hydrogens is 543 g/mol. The summed E-state index contributed by atoms with van der Waals surface area (Å²) in [6, 6.07) is 6.68. The number of hydrogen-bond donors (Lipinski definition) is 3. The van der Waals surface area contributed by atoms with E-state index in [0.717, 1.165) is 32.4 Å². The maximum Gasteiger partial charge on any atom is 0.356 e. The number of H-pyrrole nitrogens is 1. The van der Waals surface area contributed by atoms with Crippen molar-refractivity contribution in [1.82, 2.24) is 29.7 Å². The fourth-order valence-corrected chi connectivity index (χ4v) is 5.01. The molecule has 0 bridgehead atoms. The van der Waals surface area contributed by atoms with Crippen molar-refractivity contribution in [3.05, 3.63) is 59.9 Å². The highest BCUT2D eigenvalue weighted by molar-refractivity contribution is 6.06. The first-order valence-corrected chi connectivity index (χ1v) is 13.5. The summed E-state index contributed by atoms with van der Waals surface area (Å²) in [5.74, 6) is -1.18. The summed E-state index contributed by atoms with van der Waals surface area (Å²) in [6.45, 7) is 5.28. The minimum Gasteiger partial charge on any atom is -0.464 e. The van der Waals surface area contributed by atoms with E-state index < -0.39 is 17.8 Å². The number of aromatic nitrogens is 4. The van der Waals surface area contributed by atoms with E-state index >= 15 is 4.39 Å². The number of aromatic amines is 1. The SMILES string of the molecule is COC[C@H](C(=O)Nc1cccc2c(-c3nc(Nc4cnc(C(=O)OC)c(C)c4)ncc3F)c[nH]c12)N1CCN(C)CC1. The van der Waals surface area contributed by atoms with Crippen molar-refractivity contribution in [3.63, 3.8) is 0 Å². The van der Waals surface area contributed by atoms with Crippen LogP contribution in [0.1, 0.15) is 16.1 Å². The number of likely N-dealkylation sites (N-methyl/N-ethyl adjacent to an activating group) is 1. The molecule has 13 heteroatoms. The fourth-order valence-electron chi connectivity index (χ4n) is 5.01. The summed E-state index contributed by atoms with van der Waals surface area (Å²) >= 11 is 0. The van der Waals surface area contributed by atoms with Gasteiger partial charge in [0.1, 0.15) is 11.7 Å². The van der Waals surface area contributed by atoms with Crippen molar-refractivity contribution < 1.29 is 23.5 Å². The van der Waals surface area contributed by atoms with Crippen LogP contribution in [0, 0.1) is 12.7 Å². The molecule has 0 saturated carbocycles. The number of hydrogen-bond acceptors (Lipinski definition) is 10. The molecule has 1 saturated heterocycles. The topological polar surface area (TPSA) is 138 Å². The number of benzene rings is 1. The van der Waals surface area contributed by atoms with Crippen LogP contribution in [0.5, 0.6) is 0 Å². The molecule has 3 aromatic heterocycles. The van der Waals surface area contributed by atoms with Crippen molar-refractivity contribution in [3.8, 4) is 11.3 Å². The number of carbonyl (C=O) groups excluding carboxylic acids is 2. The first-order valence-electron chi connectivity index (χ1n) is 13.5. The summed E-state index contributed by atoms with van der Waals surface area (Å²) < 4.78 is 25.2. The summed E-state index contributed by atoms with van der Waals surface area (Å²) in [4.78, 5) is 45.4. The number of halogens is 1. The Kier molecular flexibility index (Phi) is 8.71. The van der Waals surface area contributed by atoms with E-state index in [1.807, 2.05) is 6.07 Å². The molecule has 1 aliphatic rings. The lowest BCUT2D eigenvalue weighted by Crippen LogP contribution is -2.54. The third-order valence-corrected chi connectivity index (χ3v) is 7.29. The summed E-state index contributed by atoms with van der Waals surface area (Å²) in [7, 11) is 4.94. The smallest absolute Gasteiger partial charge is 0.356 e. The molecule has 0 radical (unpaired) electrons. The van der Waals surface area contributed by atoms with Crippen LogP contribution < -0.4 is 10.6 Å². The molecule has 1 fully saturated rings. The van der Waals surface area contributed by atoms with Gasteiger partial charge in [0.15, 0.2) is 11.5 Å². The van der Waals surface area contributed by atoms with Gasteiger partial charge in [-0.1, -0.05) is 12.1 Å². The van der Waals surface area contributed by atoms with E-state index in [4.69, 9.17) is 9.47 Å². The molecule has 0 unspecified atom stereocenters. The van der Waals surface area contributed by atoms with Crippen LogP contribution in [0.4, 0.5) is 21.7 Å². The van der Waals surface area contributed by atoms with E-state index in [2.05, 4.69) is 47.4 Å². The lowest BCUT2D eigenvalue weighted by molar-refractivity contribution is -0.124. The number of ether oxygens (including phenoxy) is 2. The highest BCUT2D eigenvalue weighted by Crippen LogP contribution is 2.33. The molecule has 220 valence electrons. The average Bonchev–Trinajstić information content (AvgIpc) is 3.42. The van der Waals surface area contributed by atoms with E-state index in [1.165, 1.54) is 13.3 Å². The quantitative estimate of drug-likeness (QED) is 0.255. The number of fused-ring (bicyclic) bond motifs is 1. The van der Waals surface area contributed by atoms with Crippen molar-refractivity contribution in [2.24, 2.45) is 0 Å². The molecule has 1 amide bonds. The zero-order valence-electron chi connectivity index (χ0n) is 23.9. The molecule has 0 spiro atoms. The van der Waals surface area contributed by atoms with Crippen LogP contribution in [0.2, 0.25) is 0 Å². The van der Waals surface area contributed by atoms with Crippen LogP contribution in [0.25, 0.3) is 22.2 Å². The van der Waals surface area contributed by atoms with E-state index in [9.17, 15) is 9.59 Å². The van der Waals surface area contributed by atoms with Gasteiger partial charge in [-0.25, -0.2) is 24.1 Å². The fraction of sp³-hybridized carbons (Fsp3) is 0.345. The zero-order chi connectivity index (χ0) is 29.8. The summed E-state index contributed by atoms with van der Waals surface area (Å²) in [5.41, 5.74) is 3.11. The second kappa shape index (κ2) is 12.6. The number of carbonyl (C=O) groups is 2. The van der Waals surface area contributed by atoms with Gasteiger partial charge >= 0.3 is 5.97 Å². The van der Waals surface area contributed by atoms with Gasteiger partial charge in [-0.15, -0.1) is 0 Å².